The summed E-state index contributed by atoms with van der Waals surface area (Å²) in [4.78, 5) is 70.6. The van der Waals surface area contributed by atoms with Crippen molar-refractivity contribution < 1.29 is 57.2 Å². The fraction of sp³-hybridized carbons (Fsp3) is 0.208. The molecule has 12 nitrogen and oxygen atoms in total. The minimum Gasteiger partial charge on any atom is -0.459 e. The molecule has 36 heavy (non-hydrogen) atoms. The van der Waals surface area contributed by atoms with Crippen LogP contribution in [0, 0.1) is 0 Å². The zero-order chi connectivity index (χ0) is 28.9. The molecule has 0 spiro atoms. The molecule has 0 bridgehead atoms. The zero-order valence-corrected chi connectivity index (χ0v) is 20.0. The second-order valence-electron chi connectivity index (χ2n) is 5.22. The van der Waals surface area contributed by atoms with Gasteiger partial charge < -0.3 is 28.5 Å². The highest BCUT2D eigenvalue weighted by Crippen LogP contribution is 1.94. The second kappa shape index (κ2) is 28.2. The predicted molar refractivity (Wildman–Crippen MR) is 128 cm³/mol. The first-order valence-corrected chi connectivity index (χ1v) is 9.45. The van der Waals surface area contributed by atoms with E-state index in [1.54, 1.807) is 6.92 Å². The highest BCUT2D eigenvalue weighted by Gasteiger charge is 2.08. The predicted octanol–water partition coefficient (Wildman–Crippen LogP) is 1.52. The first kappa shape index (κ1) is 38.4. The van der Waals surface area contributed by atoms with Crippen LogP contribution in [0.15, 0.2) is 75.9 Å². The van der Waals surface area contributed by atoms with Gasteiger partial charge in [0.25, 0.3) is 0 Å². The van der Waals surface area contributed by atoms with Crippen LogP contribution in [0.25, 0.3) is 0 Å². The Morgan fingerprint density at radius 2 is 0.944 bits per heavy atom. The molecule has 0 aliphatic carbocycles. The molecule has 0 aliphatic heterocycles. The lowest BCUT2D eigenvalue weighted by molar-refractivity contribution is -0.160. The SMILES string of the molecule is C=CC(=O)COC(=O)C=C.C=CC(=O)OCC(C)OC(=O)C=C.C=CC(=O)OCOC(=O)C=C.C=O. The average molecular weight is 510 g/mol. The number of hydrogen-bond donors (Lipinski definition) is 0. The molecule has 1 atom stereocenters. The van der Waals surface area contributed by atoms with Crippen molar-refractivity contribution in [3.63, 3.8) is 0 Å². The highest BCUT2D eigenvalue weighted by molar-refractivity contribution is 5.92. The number of esters is 5. The minimum atomic E-state index is -0.637. The zero-order valence-electron chi connectivity index (χ0n) is 20.0. The third-order valence-electron chi connectivity index (χ3n) is 2.60. The van der Waals surface area contributed by atoms with E-state index >= 15 is 0 Å². The molecule has 0 aromatic carbocycles. The fourth-order valence-corrected chi connectivity index (χ4v) is 1.06. The van der Waals surface area contributed by atoms with Crippen LogP contribution in [-0.4, -0.2) is 68.5 Å². The van der Waals surface area contributed by atoms with Crippen molar-refractivity contribution in [1.82, 2.24) is 0 Å². The number of hydrogen-bond acceptors (Lipinski definition) is 12. The summed E-state index contributed by atoms with van der Waals surface area (Å²) in [6.07, 6.45) is 5.65. The summed E-state index contributed by atoms with van der Waals surface area (Å²) in [6, 6.07) is 0. The third kappa shape index (κ3) is 31.3. The molecule has 1 unspecified atom stereocenters. The van der Waals surface area contributed by atoms with Crippen molar-refractivity contribution in [1.29, 1.82) is 0 Å². The van der Waals surface area contributed by atoms with E-state index in [1.807, 2.05) is 6.79 Å². The lowest BCUT2D eigenvalue weighted by Gasteiger charge is -2.10. The molecular weight excluding hydrogens is 480 g/mol. The number of ketones is 1. The molecule has 0 heterocycles. The van der Waals surface area contributed by atoms with Crippen LogP contribution in [0.2, 0.25) is 0 Å². The molecular formula is C24H30O12. The van der Waals surface area contributed by atoms with Gasteiger partial charge in [0.1, 0.15) is 19.5 Å². The van der Waals surface area contributed by atoms with E-state index in [0.29, 0.717) is 0 Å². The van der Waals surface area contributed by atoms with Crippen LogP contribution >= 0.6 is 0 Å². The summed E-state index contributed by atoms with van der Waals surface area (Å²) < 4.78 is 22.4. The van der Waals surface area contributed by atoms with Gasteiger partial charge in [-0.15, -0.1) is 0 Å². The van der Waals surface area contributed by atoms with Gasteiger partial charge >= 0.3 is 29.8 Å². The maximum absolute atomic E-state index is 10.6. The summed E-state index contributed by atoms with van der Waals surface area (Å²) >= 11 is 0. The van der Waals surface area contributed by atoms with E-state index in [2.05, 4.69) is 58.4 Å². The van der Waals surface area contributed by atoms with Crippen molar-refractivity contribution in [3.05, 3.63) is 75.9 Å². The van der Waals surface area contributed by atoms with Crippen LogP contribution in [0.4, 0.5) is 0 Å². The summed E-state index contributed by atoms with van der Waals surface area (Å²) in [7, 11) is 0. The molecule has 0 N–H and O–H groups in total. The van der Waals surface area contributed by atoms with E-state index < -0.39 is 42.7 Å². The normalized spacial score (nSPS) is 8.81. The van der Waals surface area contributed by atoms with Crippen molar-refractivity contribution >= 4 is 42.4 Å². The molecule has 12 heteroatoms. The van der Waals surface area contributed by atoms with Gasteiger partial charge in [-0.25, -0.2) is 24.0 Å². The van der Waals surface area contributed by atoms with E-state index in [-0.39, 0.29) is 19.0 Å². The molecule has 0 saturated carbocycles. The number of rotatable bonds is 13. The Hall–Kier alpha value is -4.87. The average Bonchev–Trinajstić information content (AvgIpc) is 2.91. The van der Waals surface area contributed by atoms with E-state index in [1.165, 1.54) is 0 Å². The van der Waals surface area contributed by atoms with E-state index in [9.17, 15) is 28.8 Å². The lowest BCUT2D eigenvalue weighted by atomic mass is 10.4. The maximum atomic E-state index is 10.6. The first-order chi connectivity index (χ1) is 17.0. The summed E-state index contributed by atoms with van der Waals surface area (Å²) in [6.45, 7) is 22.0. The smallest absolute Gasteiger partial charge is 0.333 e. The Morgan fingerprint density at radius 1 is 0.583 bits per heavy atom. The monoisotopic (exact) mass is 510 g/mol. The molecule has 0 saturated heterocycles. The van der Waals surface area contributed by atoms with Gasteiger partial charge in [0.05, 0.1) is 0 Å². The molecule has 0 aromatic rings. The van der Waals surface area contributed by atoms with Crippen molar-refractivity contribution in [2.45, 2.75) is 13.0 Å². The molecule has 0 amide bonds. The minimum absolute atomic E-state index is 0.0183. The number of carbonyl (C=O) groups excluding carboxylic acids is 7. The number of carbonyl (C=O) groups is 7. The summed E-state index contributed by atoms with van der Waals surface area (Å²) in [5.41, 5.74) is 0. The highest BCUT2D eigenvalue weighted by atomic mass is 16.7. The van der Waals surface area contributed by atoms with E-state index in [0.717, 1.165) is 36.5 Å². The summed E-state index contributed by atoms with van der Waals surface area (Å²) in [5, 5.41) is 0. The Kier molecular flexibility index (Phi) is 30.0. The van der Waals surface area contributed by atoms with Crippen molar-refractivity contribution in [2.75, 3.05) is 20.0 Å². The largest absolute Gasteiger partial charge is 0.459 e. The van der Waals surface area contributed by atoms with Gasteiger partial charge in [0.15, 0.2) is 12.4 Å². The Morgan fingerprint density at radius 3 is 1.31 bits per heavy atom. The van der Waals surface area contributed by atoms with Crippen molar-refractivity contribution in [3.8, 4) is 0 Å². The topological polar surface area (TPSA) is 166 Å². The molecule has 0 rings (SSSR count). The molecule has 0 fully saturated rings. The Balaban J connectivity index is -0.000000208. The van der Waals surface area contributed by atoms with Gasteiger partial charge in [-0.05, 0) is 13.0 Å². The standard InChI is InChI=1S/C9H12O4.C7H8O4.C7H8O3.CH2O/c1-4-8(10)12-6-7(3)13-9(11)5-2;1-3-6(8)10-5-11-7(9)4-2;1-3-6(8)5-10-7(9)4-2;1-2/h4-5,7H,1-2,6H2,3H3;3-4H,1-2,5H2;3-4H,1-2,5H2;1H2. The quantitative estimate of drug-likeness (QED) is 0.152. The number of ether oxygens (including phenoxy) is 5. The van der Waals surface area contributed by atoms with Crippen LogP contribution in [-0.2, 0) is 57.2 Å². The second-order valence-corrected chi connectivity index (χ2v) is 5.22. The Labute approximate surface area is 209 Å². The lowest BCUT2D eigenvalue weighted by Crippen LogP contribution is -2.20. The third-order valence-corrected chi connectivity index (χ3v) is 2.60. The molecule has 0 aromatic heterocycles. The van der Waals surface area contributed by atoms with Crippen LogP contribution < -0.4 is 0 Å². The van der Waals surface area contributed by atoms with Gasteiger partial charge in [0.2, 0.25) is 6.79 Å². The molecule has 0 aliphatic rings. The van der Waals surface area contributed by atoms with Gasteiger partial charge in [-0.1, -0.05) is 39.5 Å². The molecule has 0 radical (unpaired) electrons. The molecule has 198 valence electrons. The summed E-state index contributed by atoms with van der Waals surface area (Å²) in [5.74, 6) is -3.28. The van der Waals surface area contributed by atoms with Gasteiger partial charge in [0, 0.05) is 30.4 Å². The fourth-order valence-electron chi connectivity index (χ4n) is 1.06. The van der Waals surface area contributed by atoms with Crippen LogP contribution in [0.1, 0.15) is 6.92 Å². The van der Waals surface area contributed by atoms with Crippen molar-refractivity contribution in [2.24, 2.45) is 0 Å². The van der Waals surface area contributed by atoms with Gasteiger partial charge in [-0.2, -0.15) is 0 Å². The Bertz CT molecular complexity index is 755. The van der Waals surface area contributed by atoms with Gasteiger partial charge in [-0.3, -0.25) is 4.79 Å². The maximum Gasteiger partial charge on any atom is 0.333 e. The van der Waals surface area contributed by atoms with E-state index in [4.69, 9.17) is 9.53 Å². The van der Waals surface area contributed by atoms with Crippen LogP contribution in [0.5, 0.6) is 0 Å². The van der Waals surface area contributed by atoms with Crippen LogP contribution in [0.3, 0.4) is 0 Å². The first-order valence-electron chi connectivity index (χ1n) is 9.45.